The zero-order valence-electron chi connectivity index (χ0n) is 26.7. The maximum atomic E-state index is 6.42. The van der Waals surface area contributed by atoms with Gasteiger partial charge < -0.3 is 4.42 Å². The Hall–Kier alpha value is -6.43. The van der Waals surface area contributed by atoms with Crippen molar-refractivity contribution >= 4 is 53.4 Å². The van der Waals surface area contributed by atoms with Gasteiger partial charge in [-0.2, -0.15) is 0 Å². The van der Waals surface area contributed by atoms with Crippen LogP contribution in [0.25, 0.3) is 98.5 Å². The van der Waals surface area contributed by atoms with Crippen molar-refractivity contribution in [1.82, 2.24) is 15.0 Å². The zero-order valence-corrected chi connectivity index (χ0v) is 27.6. The molecule has 0 atom stereocenters. The van der Waals surface area contributed by atoms with Crippen LogP contribution in [0, 0.1) is 0 Å². The Kier molecular flexibility index (Phi) is 6.64. The monoisotopic (exact) mass is 657 g/mol. The van der Waals surface area contributed by atoms with Crippen LogP contribution in [0.3, 0.4) is 0 Å². The average molecular weight is 658 g/mol. The smallest absolute Gasteiger partial charge is 0.164 e. The molecule has 0 spiro atoms. The fraction of sp³-hybridized carbons (Fsp3) is 0. The van der Waals surface area contributed by atoms with E-state index in [0.717, 1.165) is 44.2 Å². The van der Waals surface area contributed by atoms with Crippen LogP contribution in [0.4, 0.5) is 0 Å². The normalized spacial score (nSPS) is 11.6. The number of thiophene rings is 1. The van der Waals surface area contributed by atoms with Gasteiger partial charge in [-0.05, 0) is 64.7 Å². The molecule has 50 heavy (non-hydrogen) atoms. The van der Waals surface area contributed by atoms with E-state index in [4.69, 9.17) is 19.4 Å². The van der Waals surface area contributed by atoms with Gasteiger partial charge >= 0.3 is 0 Å². The van der Waals surface area contributed by atoms with E-state index in [1.807, 2.05) is 78.1 Å². The Morgan fingerprint density at radius 2 is 0.840 bits per heavy atom. The molecule has 0 unspecified atom stereocenters. The van der Waals surface area contributed by atoms with E-state index in [1.165, 1.54) is 36.9 Å². The fourth-order valence-corrected chi connectivity index (χ4v) is 7.93. The molecule has 4 nitrogen and oxygen atoms in total. The second-order valence-electron chi connectivity index (χ2n) is 12.5. The summed E-state index contributed by atoms with van der Waals surface area (Å²) in [5, 5.41) is 4.73. The highest BCUT2D eigenvalue weighted by molar-refractivity contribution is 7.25. The summed E-state index contributed by atoms with van der Waals surface area (Å²) in [6.45, 7) is 0. The largest absolute Gasteiger partial charge is 0.456 e. The summed E-state index contributed by atoms with van der Waals surface area (Å²) >= 11 is 1.85. The van der Waals surface area contributed by atoms with Gasteiger partial charge in [0.2, 0.25) is 0 Å². The number of rotatable bonds is 5. The molecule has 234 valence electrons. The minimum atomic E-state index is 0.605. The maximum Gasteiger partial charge on any atom is 0.164 e. The molecular formula is C45H27N3OS. The SMILES string of the molecule is c1ccc(-c2ccc3sc4cc(-c5ccc6oc7cc(-c8nc(-c9ccccc9)nc(-c9ccccc9)n8)ccc7c6c5)ccc4c3c2)cc1. The first-order valence-electron chi connectivity index (χ1n) is 16.6. The van der Waals surface area contributed by atoms with Crippen molar-refractivity contribution in [3.63, 3.8) is 0 Å². The Labute approximate surface area is 292 Å². The van der Waals surface area contributed by atoms with Crippen molar-refractivity contribution in [3.05, 3.63) is 164 Å². The van der Waals surface area contributed by atoms with E-state index in [-0.39, 0.29) is 0 Å². The molecule has 3 aromatic heterocycles. The molecule has 0 N–H and O–H groups in total. The number of hydrogen-bond donors (Lipinski definition) is 0. The molecule has 3 heterocycles. The zero-order chi connectivity index (χ0) is 33.0. The molecule has 0 saturated carbocycles. The van der Waals surface area contributed by atoms with Crippen molar-refractivity contribution in [2.24, 2.45) is 0 Å². The van der Waals surface area contributed by atoms with Gasteiger partial charge in [0.1, 0.15) is 11.2 Å². The molecule has 5 heteroatoms. The molecule has 7 aromatic carbocycles. The summed E-state index contributed by atoms with van der Waals surface area (Å²) in [7, 11) is 0. The van der Waals surface area contributed by atoms with E-state index in [1.54, 1.807) is 0 Å². The Morgan fingerprint density at radius 3 is 1.54 bits per heavy atom. The number of fused-ring (bicyclic) bond motifs is 6. The molecule has 0 amide bonds. The highest BCUT2D eigenvalue weighted by Crippen LogP contribution is 2.40. The first-order valence-corrected chi connectivity index (χ1v) is 17.4. The van der Waals surface area contributed by atoms with Crippen LogP contribution >= 0.6 is 11.3 Å². The Morgan fingerprint density at radius 1 is 0.320 bits per heavy atom. The van der Waals surface area contributed by atoms with Gasteiger partial charge in [0.05, 0.1) is 0 Å². The van der Waals surface area contributed by atoms with E-state index in [2.05, 4.69) is 97.1 Å². The summed E-state index contributed by atoms with van der Waals surface area (Å²) in [6, 6.07) is 57.0. The Bertz CT molecular complexity index is 2800. The highest BCUT2D eigenvalue weighted by atomic mass is 32.1. The van der Waals surface area contributed by atoms with E-state index >= 15 is 0 Å². The summed E-state index contributed by atoms with van der Waals surface area (Å²) < 4.78 is 9.01. The van der Waals surface area contributed by atoms with Crippen molar-refractivity contribution in [3.8, 4) is 56.4 Å². The first-order chi connectivity index (χ1) is 24.7. The highest BCUT2D eigenvalue weighted by Gasteiger charge is 2.16. The van der Waals surface area contributed by atoms with Crippen molar-refractivity contribution < 1.29 is 4.42 Å². The number of nitrogens with zero attached hydrogens (tertiary/aromatic N) is 3. The molecule has 10 rings (SSSR count). The molecule has 0 aliphatic heterocycles. The van der Waals surface area contributed by atoms with Gasteiger partial charge in [0, 0.05) is 47.6 Å². The third-order valence-corrected chi connectivity index (χ3v) is 10.5. The van der Waals surface area contributed by atoms with E-state index < -0.39 is 0 Å². The summed E-state index contributed by atoms with van der Waals surface area (Å²) in [4.78, 5) is 14.7. The van der Waals surface area contributed by atoms with E-state index in [9.17, 15) is 0 Å². The number of benzene rings is 7. The predicted octanol–water partition coefficient (Wildman–Crippen LogP) is 12.5. The van der Waals surface area contributed by atoms with Crippen LogP contribution in [0.5, 0.6) is 0 Å². The Balaban J connectivity index is 1.03. The van der Waals surface area contributed by atoms with Crippen LogP contribution in [0.1, 0.15) is 0 Å². The second-order valence-corrected chi connectivity index (χ2v) is 13.5. The molecule has 10 aromatic rings. The summed E-state index contributed by atoms with van der Waals surface area (Å²) in [6.07, 6.45) is 0. The van der Waals surface area contributed by atoms with Crippen molar-refractivity contribution in [2.45, 2.75) is 0 Å². The minimum absolute atomic E-state index is 0.605. The predicted molar refractivity (Wildman–Crippen MR) is 207 cm³/mol. The molecule has 0 bridgehead atoms. The third kappa shape index (κ3) is 4.95. The quantitative estimate of drug-likeness (QED) is 0.185. The topological polar surface area (TPSA) is 51.8 Å². The van der Waals surface area contributed by atoms with Crippen molar-refractivity contribution in [1.29, 1.82) is 0 Å². The van der Waals surface area contributed by atoms with Crippen LogP contribution < -0.4 is 0 Å². The molecule has 0 aliphatic carbocycles. The minimum Gasteiger partial charge on any atom is -0.456 e. The first kappa shape index (κ1) is 28.6. The molecule has 0 saturated heterocycles. The van der Waals surface area contributed by atoms with Crippen LogP contribution in [-0.2, 0) is 0 Å². The van der Waals surface area contributed by atoms with Crippen molar-refractivity contribution in [2.75, 3.05) is 0 Å². The lowest BCUT2D eigenvalue weighted by Gasteiger charge is -2.08. The summed E-state index contributed by atoms with van der Waals surface area (Å²) in [5.74, 6) is 1.88. The van der Waals surface area contributed by atoms with Gasteiger partial charge in [0.25, 0.3) is 0 Å². The summed E-state index contributed by atoms with van der Waals surface area (Å²) in [5.41, 5.74) is 9.23. The number of aromatic nitrogens is 3. The number of furan rings is 1. The molecule has 0 aliphatic rings. The average Bonchev–Trinajstić information content (AvgIpc) is 3.75. The lowest BCUT2D eigenvalue weighted by atomic mass is 10.00. The van der Waals surface area contributed by atoms with Crippen LogP contribution in [0.2, 0.25) is 0 Å². The maximum absolute atomic E-state index is 6.42. The van der Waals surface area contributed by atoms with E-state index in [0.29, 0.717) is 17.5 Å². The van der Waals surface area contributed by atoms with Gasteiger partial charge in [-0.25, -0.2) is 15.0 Å². The standard InChI is InChI=1S/C45H27N3OS/c1-4-10-28(11-5-1)31-19-23-41-38(25-31)36-21-16-33(27-42(36)50-41)32-18-22-39-37(24-32)35-20-17-34(26-40(35)49-39)45-47-43(29-12-6-2-7-13-29)46-44(48-45)30-14-8-3-9-15-30/h1-27H. The van der Waals surface area contributed by atoms with Gasteiger partial charge in [0.15, 0.2) is 17.5 Å². The van der Waals surface area contributed by atoms with Gasteiger partial charge in [-0.3, -0.25) is 0 Å². The molecule has 0 radical (unpaired) electrons. The second kappa shape index (κ2) is 11.6. The lowest BCUT2D eigenvalue weighted by molar-refractivity contribution is 0.669. The fourth-order valence-electron chi connectivity index (χ4n) is 6.80. The van der Waals surface area contributed by atoms with Gasteiger partial charge in [-0.15, -0.1) is 11.3 Å². The van der Waals surface area contributed by atoms with Crippen LogP contribution in [-0.4, -0.2) is 15.0 Å². The molecular weight excluding hydrogens is 631 g/mol. The molecule has 0 fully saturated rings. The lowest BCUT2D eigenvalue weighted by Crippen LogP contribution is -2.00. The van der Waals surface area contributed by atoms with Gasteiger partial charge in [-0.1, -0.05) is 121 Å². The third-order valence-electron chi connectivity index (χ3n) is 9.34. The van der Waals surface area contributed by atoms with Crippen LogP contribution in [0.15, 0.2) is 168 Å². The number of hydrogen-bond acceptors (Lipinski definition) is 5.